The Labute approximate surface area is 93.0 Å². The lowest BCUT2D eigenvalue weighted by atomic mass is 10.2. The average Bonchev–Trinajstić information content (AvgIpc) is 2.14. The highest BCUT2D eigenvalue weighted by Crippen LogP contribution is 2.30. The van der Waals surface area contributed by atoms with E-state index in [0.717, 1.165) is 0 Å². The zero-order valence-corrected chi connectivity index (χ0v) is 9.00. The Hall–Kier alpha value is -1.71. The Balaban J connectivity index is 3.57. The number of sulfone groups is 1. The van der Waals surface area contributed by atoms with E-state index in [1.54, 1.807) is 0 Å². The topological polar surface area (TPSA) is 97.2 Å². The minimum Gasteiger partial charge on any atom is -0.478 e. The number of hydrogen-bond donors (Lipinski definition) is 1. The van der Waals surface area contributed by atoms with Gasteiger partial charge in [0.15, 0.2) is 5.69 Å². The van der Waals surface area contributed by atoms with E-state index in [0.29, 0.717) is 12.5 Å². The van der Waals surface area contributed by atoms with E-state index in [4.69, 9.17) is 5.11 Å². The highest BCUT2D eigenvalue weighted by molar-refractivity contribution is 7.90. The number of carboxylic acids is 1. The Kier molecular flexibility index (Phi) is 3.10. The van der Waals surface area contributed by atoms with Gasteiger partial charge < -0.3 is 5.11 Å². The maximum atomic E-state index is 12.4. The van der Waals surface area contributed by atoms with Crippen molar-refractivity contribution in [3.8, 4) is 0 Å². The molecule has 0 aliphatic carbocycles. The van der Waals surface area contributed by atoms with Gasteiger partial charge in [0.2, 0.25) is 15.0 Å². The Morgan fingerprint density at radius 2 is 1.94 bits per heavy atom. The maximum absolute atomic E-state index is 12.4. The summed E-state index contributed by atoms with van der Waals surface area (Å²) in [5.74, 6) is -1.89. The van der Waals surface area contributed by atoms with Gasteiger partial charge >= 0.3 is 12.1 Å². The quantitative estimate of drug-likeness (QED) is 0.790. The van der Waals surface area contributed by atoms with Gasteiger partial charge in [-0.3, -0.25) is 0 Å². The third-order valence-electron chi connectivity index (χ3n) is 1.60. The van der Waals surface area contributed by atoms with Crippen LogP contribution in [0.3, 0.4) is 0 Å². The Morgan fingerprint density at radius 1 is 1.41 bits per heavy atom. The largest absolute Gasteiger partial charge is 0.478 e. The molecule has 0 saturated carbocycles. The molecule has 1 N–H and O–H groups in total. The molecule has 0 atom stereocenters. The summed E-state index contributed by atoms with van der Waals surface area (Å²) in [5.41, 5.74) is -3.00. The fourth-order valence-corrected chi connectivity index (χ4v) is 1.42. The smallest absolute Gasteiger partial charge is 0.434 e. The van der Waals surface area contributed by atoms with E-state index in [1.165, 1.54) is 0 Å². The number of carboxylic acid groups (broad SMARTS) is 1. The standard InChI is InChI=1S/C7H5F3N2O4S/c1-17(15,16)6-11-2-3(5(13)14)4(12-6)7(8,9)10/h2H,1H3,(H,13,14). The molecule has 0 spiro atoms. The van der Waals surface area contributed by atoms with Crippen LogP contribution in [-0.2, 0) is 16.0 Å². The number of aromatic carboxylic acids is 1. The number of nitrogens with zero attached hydrogens (tertiary/aromatic N) is 2. The van der Waals surface area contributed by atoms with Crippen LogP contribution in [0.25, 0.3) is 0 Å². The molecule has 0 amide bonds. The van der Waals surface area contributed by atoms with Crippen LogP contribution in [0.15, 0.2) is 11.4 Å². The fourth-order valence-electron chi connectivity index (χ4n) is 0.917. The van der Waals surface area contributed by atoms with Gasteiger partial charge in [0.1, 0.15) is 5.56 Å². The summed E-state index contributed by atoms with van der Waals surface area (Å²) in [4.78, 5) is 16.3. The summed E-state index contributed by atoms with van der Waals surface area (Å²) in [5, 5.41) is 7.42. The number of aromatic nitrogens is 2. The molecular formula is C7H5F3N2O4S. The molecule has 0 saturated heterocycles. The molecule has 17 heavy (non-hydrogen) atoms. The van der Waals surface area contributed by atoms with Gasteiger partial charge in [-0.15, -0.1) is 0 Å². The van der Waals surface area contributed by atoms with Gasteiger partial charge in [-0.1, -0.05) is 0 Å². The SMILES string of the molecule is CS(=O)(=O)c1ncc(C(=O)O)c(C(F)(F)F)n1. The van der Waals surface area contributed by atoms with Crippen molar-refractivity contribution in [1.29, 1.82) is 0 Å². The number of alkyl halides is 3. The lowest BCUT2D eigenvalue weighted by Gasteiger charge is -2.09. The van der Waals surface area contributed by atoms with Gasteiger partial charge in [-0.25, -0.2) is 23.2 Å². The van der Waals surface area contributed by atoms with Crippen molar-refractivity contribution < 1.29 is 31.5 Å². The Bertz CT molecular complexity index is 567. The zero-order valence-electron chi connectivity index (χ0n) is 8.19. The second-order valence-electron chi connectivity index (χ2n) is 2.99. The molecule has 10 heteroatoms. The first kappa shape index (κ1) is 13.4. The average molecular weight is 270 g/mol. The van der Waals surface area contributed by atoms with Crippen molar-refractivity contribution in [2.45, 2.75) is 11.3 Å². The van der Waals surface area contributed by atoms with Gasteiger partial charge in [-0.2, -0.15) is 13.2 Å². The van der Waals surface area contributed by atoms with Crippen molar-refractivity contribution in [3.63, 3.8) is 0 Å². The predicted molar refractivity (Wildman–Crippen MR) is 47.1 cm³/mol. The van der Waals surface area contributed by atoms with Crippen LogP contribution >= 0.6 is 0 Å². The van der Waals surface area contributed by atoms with Crippen molar-refractivity contribution in [2.24, 2.45) is 0 Å². The normalized spacial score (nSPS) is 12.5. The summed E-state index contributed by atoms with van der Waals surface area (Å²) in [7, 11) is -4.04. The number of carbonyl (C=O) groups is 1. The van der Waals surface area contributed by atoms with Gasteiger partial charge in [0.05, 0.1) is 0 Å². The molecule has 6 nitrogen and oxygen atoms in total. The second kappa shape index (κ2) is 3.95. The molecule has 1 aromatic rings. The molecule has 0 unspecified atom stereocenters. The summed E-state index contributed by atoms with van der Waals surface area (Å²) < 4.78 is 59.2. The summed E-state index contributed by atoms with van der Waals surface area (Å²) >= 11 is 0. The maximum Gasteiger partial charge on any atom is 0.434 e. The third kappa shape index (κ3) is 2.90. The highest BCUT2D eigenvalue weighted by atomic mass is 32.2. The number of halogens is 3. The van der Waals surface area contributed by atoms with Crippen molar-refractivity contribution in [2.75, 3.05) is 6.26 Å². The lowest BCUT2D eigenvalue weighted by molar-refractivity contribution is -0.142. The van der Waals surface area contributed by atoms with Crippen LogP contribution in [0.2, 0.25) is 0 Å². The molecule has 0 aliphatic heterocycles. The van der Waals surface area contributed by atoms with Crippen LogP contribution in [-0.4, -0.2) is 35.7 Å². The first-order chi connectivity index (χ1) is 7.53. The first-order valence-corrected chi connectivity index (χ1v) is 5.80. The van der Waals surface area contributed by atoms with E-state index in [-0.39, 0.29) is 0 Å². The van der Waals surface area contributed by atoms with Gasteiger partial charge in [0.25, 0.3) is 0 Å². The van der Waals surface area contributed by atoms with Gasteiger partial charge in [-0.05, 0) is 0 Å². The van der Waals surface area contributed by atoms with Gasteiger partial charge in [0, 0.05) is 12.5 Å². The second-order valence-corrected chi connectivity index (χ2v) is 4.90. The highest BCUT2D eigenvalue weighted by Gasteiger charge is 2.38. The first-order valence-electron chi connectivity index (χ1n) is 3.91. The monoisotopic (exact) mass is 270 g/mol. The molecule has 0 bridgehead atoms. The number of hydrogen-bond acceptors (Lipinski definition) is 5. The molecule has 1 rings (SSSR count). The van der Waals surface area contributed by atoms with E-state index >= 15 is 0 Å². The number of rotatable bonds is 2. The Morgan fingerprint density at radius 3 is 2.29 bits per heavy atom. The van der Waals surface area contributed by atoms with Crippen LogP contribution < -0.4 is 0 Å². The molecule has 0 aliphatic rings. The summed E-state index contributed by atoms with van der Waals surface area (Å²) in [6, 6.07) is 0. The fraction of sp³-hybridized carbons (Fsp3) is 0.286. The molecule has 1 aromatic heterocycles. The van der Waals surface area contributed by atoms with Crippen molar-refractivity contribution in [3.05, 3.63) is 17.5 Å². The van der Waals surface area contributed by atoms with Crippen molar-refractivity contribution >= 4 is 15.8 Å². The minimum absolute atomic E-state index is 0.314. The lowest BCUT2D eigenvalue weighted by Crippen LogP contribution is -2.19. The summed E-state index contributed by atoms with van der Waals surface area (Å²) in [6.45, 7) is 0. The van der Waals surface area contributed by atoms with Crippen LogP contribution in [0.5, 0.6) is 0 Å². The van der Waals surface area contributed by atoms with Crippen molar-refractivity contribution in [1.82, 2.24) is 9.97 Å². The molecular weight excluding hydrogens is 265 g/mol. The molecule has 0 fully saturated rings. The van der Waals surface area contributed by atoms with Crippen LogP contribution in [0, 0.1) is 0 Å². The minimum atomic E-state index is -5.07. The molecule has 0 aromatic carbocycles. The third-order valence-corrected chi connectivity index (χ3v) is 2.46. The van der Waals surface area contributed by atoms with Crippen LogP contribution in [0.4, 0.5) is 13.2 Å². The van der Waals surface area contributed by atoms with Crippen LogP contribution in [0.1, 0.15) is 16.1 Å². The summed E-state index contributed by atoms with van der Waals surface area (Å²) in [6.07, 6.45) is -4.15. The van der Waals surface area contributed by atoms with E-state index in [1.807, 2.05) is 0 Å². The zero-order chi connectivity index (χ0) is 13.4. The molecule has 1 heterocycles. The van der Waals surface area contributed by atoms with E-state index in [2.05, 4.69) is 9.97 Å². The predicted octanol–water partition coefficient (Wildman–Crippen LogP) is 0.597. The molecule has 0 radical (unpaired) electrons. The van der Waals surface area contributed by atoms with E-state index < -0.39 is 38.4 Å². The van der Waals surface area contributed by atoms with E-state index in [9.17, 15) is 26.4 Å². The molecule has 94 valence electrons.